The molecule has 1 aromatic carbocycles. The molecular formula is C17H27NO2. The van der Waals surface area contributed by atoms with Crippen molar-refractivity contribution < 1.29 is 9.47 Å². The first-order valence-corrected chi connectivity index (χ1v) is 7.89. The van der Waals surface area contributed by atoms with Gasteiger partial charge >= 0.3 is 0 Å². The highest BCUT2D eigenvalue weighted by Gasteiger charge is 2.12. The van der Waals surface area contributed by atoms with Crippen LogP contribution in [0, 0.1) is 5.92 Å². The van der Waals surface area contributed by atoms with Gasteiger partial charge in [-0.3, -0.25) is 0 Å². The van der Waals surface area contributed by atoms with E-state index in [0.29, 0.717) is 6.61 Å². The van der Waals surface area contributed by atoms with Crippen LogP contribution < -0.4 is 14.8 Å². The van der Waals surface area contributed by atoms with Crippen molar-refractivity contribution >= 4 is 0 Å². The first kappa shape index (κ1) is 15.2. The van der Waals surface area contributed by atoms with Crippen LogP contribution in [0.2, 0.25) is 0 Å². The molecule has 1 fully saturated rings. The standard InChI is InChI=1S/C17H27NO2/c1-18-11-12-19-16-9-6-10-17(13-16)20-14-15-7-4-2-3-5-8-15/h6,9-10,13,15,18H,2-5,7-8,11-12,14H2,1H3. The van der Waals surface area contributed by atoms with E-state index in [9.17, 15) is 0 Å². The summed E-state index contributed by atoms with van der Waals surface area (Å²) >= 11 is 0. The molecule has 0 radical (unpaired) electrons. The van der Waals surface area contributed by atoms with Crippen molar-refractivity contribution in [2.75, 3.05) is 26.8 Å². The fourth-order valence-corrected chi connectivity index (χ4v) is 2.67. The molecule has 0 atom stereocenters. The summed E-state index contributed by atoms with van der Waals surface area (Å²) in [5, 5.41) is 3.07. The molecule has 1 aromatic rings. The SMILES string of the molecule is CNCCOc1cccc(OCC2CCCCCC2)c1. The average Bonchev–Trinajstić information content (AvgIpc) is 2.75. The first-order chi connectivity index (χ1) is 9.88. The lowest BCUT2D eigenvalue weighted by Crippen LogP contribution is -2.16. The van der Waals surface area contributed by atoms with Gasteiger partial charge in [-0.2, -0.15) is 0 Å². The van der Waals surface area contributed by atoms with Gasteiger partial charge in [0.25, 0.3) is 0 Å². The third-order valence-electron chi connectivity index (χ3n) is 3.89. The Morgan fingerprint density at radius 3 is 2.45 bits per heavy atom. The van der Waals surface area contributed by atoms with Gasteiger partial charge in [0.1, 0.15) is 18.1 Å². The van der Waals surface area contributed by atoms with Crippen LogP contribution in [0.1, 0.15) is 38.5 Å². The number of benzene rings is 1. The molecule has 1 aliphatic carbocycles. The summed E-state index contributed by atoms with van der Waals surface area (Å²) < 4.78 is 11.6. The van der Waals surface area contributed by atoms with E-state index in [-0.39, 0.29) is 0 Å². The van der Waals surface area contributed by atoms with Gasteiger partial charge in [-0.25, -0.2) is 0 Å². The van der Waals surface area contributed by atoms with Crippen molar-refractivity contribution in [1.82, 2.24) is 5.32 Å². The highest BCUT2D eigenvalue weighted by Crippen LogP contribution is 2.25. The summed E-state index contributed by atoms with van der Waals surface area (Å²) in [6.07, 6.45) is 8.15. The second-order valence-electron chi connectivity index (χ2n) is 5.60. The molecule has 3 heteroatoms. The van der Waals surface area contributed by atoms with Gasteiger partial charge in [0.2, 0.25) is 0 Å². The Labute approximate surface area is 122 Å². The Bertz CT molecular complexity index is 373. The molecule has 3 nitrogen and oxygen atoms in total. The molecule has 0 bridgehead atoms. The molecule has 0 amide bonds. The van der Waals surface area contributed by atoms with Crippen LogP contribution in [0.3, 0.4) is 0 Å². The van der Waals surface area contributed by atoms with Gasteiger partial charge in [0.15, 0.2) is 0 Å². The molecule has 0 aromatic heterocycles. The van der Waals surface area contributed by atoms with E-state index in [4.69, 9.17) is 9.47 Å². The molecule has 2 rings (SSSR count). The molecule has 1 saturated carbocycles. The molecule has 112 valence electrons. The summed E-state index contributed by atoms with van der Waals surface area (Å²) in [4.78, 5) is 0. The number of hydrogen-bond acceptors (Lipinski definition) is 3. The van der Waals surface area contributed by atoms with Crippen molar-refractivity contribution in [2.24, 2.45) is 5.92 Å². The van der Waals surface area contributed by atoms with Crippen molar-refractivity contribution in [3.05, 3.63) is 24.3 Å². The normalized spacial score (nSPS) is 16.6. The maximum absolute atomic E-state index is 5.95. The summed E-state index contributed by atoms with van der Waals surface area (Å²) in [5.74, 6) is 2.54. The van der Waals surface area contributed by atoms with E-state index in [2.05, 4.69) is 5.32 Å². The van der Waals surface area contributed by atoms with Crippen LogP contribution in [0.25, 0.3) is 0 Å². The highest BCUT2D eigenvalue weighted by atomic mass is 16.5. The first-order valence-electron chi connectivity index (χ1n) is 7.89. The van der Waals surface area contributed by atoms with E-state index < -0.39 is 0 Å². The van der Waals surface area contributed by atoms with Gasteiger partial charge in [0.05, 0.1) is 6.61 Å². The van der Waals surface area contributed by atoms with E-state index in [1.165, 1.54) is 38.5 Å². The van der Waals surface area contributed by atoms with Crippen LogP contribution in [0.4, 0.5) is 0 Å². The Kier molecular flexibility index (Phi) is 6.72. The third-order valence-corrected chi connectivity index (χ3v) is 3.89. The molecular weight excluding hydrogens is 250 g/mol. The number of likely N-dealkylation sites (N-methyl/N-ethyl adjacent to an activating group) is 1. The molecule has 0 heterocycles. The number of ether oxygens (including phenoxy) is 2. The third kappa shape index (κ3) is 5.41. The topological polar surface area (TPSA) is 30.5 Å². The van der Waals surface area contributed by atoms with Crippen LogP contribution in [0.15, 0.2) is 24.3 Å². The predicted octanol–water partition coefficient (Wildman–Crippen LogP) is 3.63. The summed E-state index contributed by atoms with van der Waals surface area (Å²) in [6.45, 7) is 2.38. The minimum absolute atomic E-state index is 0.683. The monoisotopic (exact) mass is 277 g/mol. The van der Waals surface area contributed by atoms with E-state index in [1.54, 1.807) is 0 Å². The van der Waals surface area contributed by atoms with Gasteiger partial charge in [-0.1, -0.05) is 31.7 Å². The highest BCUT2D eigenvalue weighted by molar-refractivity contribution is 5.32. The fourth-order valence-electron chi connectivity index (χ4n) is 2.67. The molecule has 0 saturated heterocycles. The van der Waals surface area contributed by atoms with E-state index >= 15 is 0 Å². The maximum atomic E-state index is 5.95. The average molecular weight is 277 g/mol. The zero-order valence-electron chi connectivity index (χ0n) is 12.6. The Balaban J connectivity index is 1.78. The minimum atomic E-state index is 0.683. The van der Waals surface area contributed by atoms with Gasteiger partial charge < -0.3 is 14.8 Å². The van der Waals surface area contributed by atoms with Crippen molar-refractivity contribution in [3.8, 4) is 11.5 Å². The summed E-state index contributed by atoms with van der Waals surface area (Å²) in [5.41, 5.74) is 0. The van der Waals surface area contributed by atoms with Crippen LogP contribution in [-0.4, -0.2) is 26.8 Å². The molecule has 1 N–H and O–H groups in total. The van der Waals surface area contributed by atoms with E-state index in [0.717, 1.165) is 30.6 Å². The lowest BCUT2D eigenvalue weighted by molar-refractivity contribution is 0.232. The quantitative estimate of drug-likeness (QED) is 0.610. The number of nitrogens with one attached hydrogen (secondary N) is 1. The van der Waals surface area contributed by atoms with Gasteiger partial charge in [-0.05, 0) is 37.9 Å². The summed E-state index contributed by atoms with van der Waals surface area (Å²) in [7, 11) is 1.93. The molecule has 20 heavy (non-hydrogen) atoms. The van der Waals surface area contributed by atoms with Crippen molar-refractivity contribution in [3.63, 3.8) is 0 Å². The lowest BCUT2D eigenvalue weighted by atomic mass is 10.0. The lowest BCUT2D eigenvalue weighted by Gasteiger charge is -2.15. The van der Waals surface area contributed by atoms with E-state index in [1.807, 2.05) is 31.3 Å². The zero-order valence-corrected chi connectivity index (χ0v) is 12.6. The molecule has 0 unspecified atom stereocenters. The Morgan fingerprint density at radius 1 is 1.05 bits per heavy atom. The fraction of sp³-hybridized carbons (Fsp3) is 0.647. The second kappa shape index (κ2) is 8.85. The van der Waals surface area contributed by atoms with Crippen LogP contribution in [-0.2, 0) is 0 Å². The Hall–Kier alpha value is -1.22. The van der Waals surface area contributed by atoms with Gasteiger partial charge in [0, 0.05) is 12.6 Å². The molecule has 0 spiro atoms. The molecule has 0 aliphatic heterocycles. The second-order valence-corrected chi connectivity index (χ2v) is 5.60. The number of rotatable bonds is 7. The van der Waals surface area contributed by atoms with Crippen LogP contribution >= 0.6 is 0 Å². The molecule has 1 aliphatic rings. The zero-order chi connectivity index (χ0) is 14.0. The smallest absolute Gasteiger partial charge is 0.123 e. The maximum Gasteiger partial charge on any atom is 0.123 e. The van der Waals surface area contributed by atoms with Crippen LogP contribution in [0.5, 0.6) is 11.5 Å². The predicted molar refractivity (Wildman–Crippen MR) is 82.6 cm³/mol. The van der Waals surface area contributed by atoms with Crippen molar-refractivity contribution in [2.45, 2.75) is 38.5 Å². The van der Waals surface area contributed by atoms with Gasteiger partial charge in [-0.15, -0.1) is 0 Å². The summed E-state index contributed by atoms with van der Waals surface area (Å²) in [6, 6.07) is 7.99. The largest absolute Gasteiger partial charge is 0.493 e. The number of hydrogen-bond donors (Lipinski definition) is 1. The Morgan fingerprint density at radius 2 is 1.75 bits per heavy atom. The van der Waals surface area contributed by atoms with Crippen molar-refractivity contribution in [1.29, 1.82) is 0 Å². The minimum Gasteiger partial charge on any atom is -0.493 e.